The molecule has 0 saturated heterocycles. The molecule has 9 nitrogen and oxygen atoms in total. The summed E-state index contributed by atoms with van der Waals surface area (Å²) in [5.41, 5.74) is 7.95. The number of pyridine rings is 1. The average Bonchev–Trinajstić information content (AvgIpc) is 3.42. The fraction of sp³-hybridized carbons (Fsp3) is 0.303. The smallest absolute Gasteiger partial charge is 0.323 e. The molecule has 1 heterocycles. The summed E-state index contributed by atoms with van der Waals surface area (Å²) in [6.45, 7) is 2.37. The van der Waals surface area contributed by atoms with Crippen LogP contribution in [0.5, 0.6) is 23.0 Å². The fourth-order valence-electron chi connectivity index (χ4n) is 4.94. The van der Waals surface area contributed by atoms with Gasteiger partial charge in [0.15, 0.2) is 11.5 Å². The molecule has 4 aromatic rings. The minimum absolute atomic E-state index is 0.0408. The number of benzene rings is 3. The fourth-order valence-corrected chi connectivity index (χ4v) is 4.94. The van der Waals surface area contributed by atoms with E-state index in [0.29, 0.717) is 52.1 Å². The summed E-state index contributed by atoms with van der Waals surface area (Å²) in [4.78, 5) is 29.3. The average molecular weight is 570 g/mol. The van der Waals surface area contributed by atoms with Gasteiger partial charge in [0.05, 0.1) is 19.2 Å². The van der Waals surface area contributed by atoms with Gasteiger partial charge in [0, 0.05) is 35.3 Å². The van der Waals surface area contributed by atoms with E-state index in [4.69, 9.17) is 24.7 Å². The van der Waals surface area contributed by atoms with Gasteiger partial charge in [0.25, 0.3) is 5.91 Å². The predicted octanol–water partition coefficient (Wildman–Crippen LogP) is 6.12. The lowest BCUT2D eigenvalue weighted by Gasteiger charge is -2.17. The predicted molar refractivity (Wildman–Crippen MR) is 160 cm³/mol. The lowest BCUT2D eigenvalue weighted by molar-refractivity contribution is -0.150. The number of nitrogens with two attached hydrogens (primary N) is 1. The molecule has 218 valence electrons. The second kappa shape index (κ2) is 13.4. The van der Waals surface area contributed by atoms with Crippen LogP contribution >= 0.6 is 0 Å². The van der Waals surface area contributed by atoms with E-state index in [1.54, 1.807) is 67.9 Å². The van der Waals surface area contributed by atoms with Gasteiger partial charge in [0.2, 0.25) is 0 Å². The molecule has 0 spiro atoms. The number of fused-ring (bicyclic) bond motifs is 1. The molecular weight excluding hydrogens is 534 g/mol. The van der Waals surface area contributed by atoms with E-state index in [-0.39, 0.29) is 18.6 Å². The van der Waals surface area contributed by atoms with Crippen molar-refractivity contribution in [3.8, 4) is 23.0 Å². The molecule has 1 aliphatic rings. The molecule has 0 aliphatic heterocycles. The molecule has 3 N–H and O–H groups in total. The van der Waals surface area contributed by atoms with Crippen LogP contribution in [0.2, 0.25) is 0 Å². The van der Waals surface area contributed by atoms with Crippen LogP contribution in [-0.4, -0.2) is 42.7 Å². The molecule has 5 rings (SSSR count). The second-order valence-electron chi connectivity index (χ2n) is 10.5. The molecule has 42 heavy (non-hydrogen) atoms. The third kappa shape index (κ3) is 7.16. The quantitative estimate of drug-likeness (QED) is 0.207. The number of anilines is 1. The number of nitrogens with zero attached hydrogens (tertiary/aromatic N) is 1. The maximum atomic E-state index is 12.4. The zero-order chi connectivity index (χ0) is 29.5. The lowest BCUT2D eigenvalue weighted by atomic mass is 10.1. The number of amides is 1. The Labute approximate surface area is 244 Å². The minimum atomic E-state index is -0.761. The minimum Gasteiger partial charge on any atom is -0.493 e. The summed E-state index contributed by atoms with van der Waals surface area (Å²) in [7, 11) is 1.55. The van der Waals surface area contributed by atoms with Gasteiger partial charge < -0.3 is 30.0 Å². The van der Waals surface area contributed by atoms with Crippen molar-refractivity contribution in [3.63, 3.8) is 0 Å². The molecule has 0 radical (unpaired) electrons. The van der Waals surface area contributed by atoms with E-state index < -0.39 is 12.0 Å². The van der Waals surface area contributed by atoms with Crippen molar-refractivity contribution in [2.75, 3.05) is 19.0 Å². The van der Waals surface area contributed by atoms with Gasteiger partial charge in [-0.25, -0.2) is 0 Å². The van der Waals surface area contributed by atoms with Crippen LogP contribution in [0.15, 0.2) is 79.0 Å². The Morgan fingerprint density at radius 2 is 1.79 bits per heavy atom. The molecule has 3 aromatic carbocycles. The zero-order valence-corrected chi connectivity index (χ0v) is 23.7. The van der Waals surface area contributed by atoms with Crippen LogP contribution in [0.1, 0.15) is 43.0 Å². The number of nitrogens with one attached hydrogen (secondary N) is 1. The number of rotatable bonds is 11. The Morgan fingerprint density at radius 1 is 1.00 bits per heavy atom. The first-order valence-electron chi connectivity index (χ1n) is 14.1. The molecule has 1 amide bonds. The molecule has 9 heteroatoms. The first-order chi connectivity index (χ1) is 20.4. The largest absolute Gasteiger partial charge is 0.493 e. The monoisotopic (exact) mass is 569 g/mol. The molecule has 3 atom stereocenters. The Bertz CT molecular complexity index is 1530. The van der Waals surface area contributed by atoms with Gasteiger partial charge >= 0.3 is 5.97 Å². The standard InChI is InChI=1S/C33H35N3O6/c1-21-8-11-25(18-21)42-33(38)27(34)15-17-40-31-20-28-26(19-30(31)39-2)29(14-16-35-28)41-24-12-9-23(10-13-24)36-32(37)22-6-4-3-5-7-22/h3-7,9-10,12-14,16,19-21,25,27H,8,11,15,17-18,34H2,1-2H3,(H,36,37). The van der Waals surface area contributed by atoms with Gasteiger partial charge in [-0.05, 0) is 73.7 Å². The zero-order valence-electron chi connectivity index (χ0n) is 23.7. The van der Waals surface area contributed by atoms with E-state index in [9.17, 15) is 9.59 Å². The van der Waals surface area contributed by atoms with Gasteiger partial charge in [-0.2, -0.15) is 0 Å². The van der Waals surface area contributed by atoms with E-state index >= 15 is 0 Å². The van der Waals surface area contributed by atoms with Crippen molar-refractivity contribution in [2.45, 2.75) is 44.8 Å². The Hall–Kier alpha value is -4.63. The first-order valence-corrected chi connectivity index (χ1v) is 14.1. The number of esters is 1. The molecule has 3 unspecified atom stereocenters. The molecule has 0 bridgehead atoms. The highest BCUT2D eigenvalue weighted by Crippen LogP contribution is 2.37. The second-order valence-corrected chi connectivity index (χ2v) is 10.5. The van der Waals surface area contributed by atoms with E-state index in [1.165, 1.54) is 0 Å². The summed E-state index contributed by atoms with van der Waals surface area (Å²) in [5.74, 6) is 2.15. The number of carbonyl (C=O) groups excluding carboxylic acids is 2. The third-order valence-electron chi connectivity index (χ3n) is 7.28. The number of aromatic nitrogens is 1. The molecule has 1 fully saturated rings. The van der Waals surface area contributed by atoms with Gasteiger partial charge in [-0.1, -0.05) is 25.1 Å². The van der Waals surface area contributed by atoms with Crippen molar-refractivity contribution in [2.24, 2.45) is 11.7 Å². The normalized spacial score (nSPS) is 16.9. The van der Waals surface area contributed by atoms with Crippen LogP contribution in [0.4, 0.5) is 5.69 Å². The number of carbonyl (C=O) groups is 2. The maximum absolute atomic E-state index is 12.4. The lowest BCUT2D eigenvalue weighted by Crippen LogP contribution is -2.35. The number of methoxy groups -OCH3 is 1. The highest BCUT2D eigenvalue weighted by Gasteiger charge is 2.27. The maximum Gasteiger partial charge on any atom is 0.323 e. The summed E-state index contributed by atoms with van der Waals surface area (Å²) >= 11 is 0. The molecular formula is C33H35N3O6. The van der Waals surface area contributed by atoms with Gasteiger partial charge in [-0.3, -0.25) is 14.6 Å². The Kier molecular flexibility index (Phi) is 9.18. The summed E-state index contributed by atoms with van der Waals surface area (Å²) in [5, 5.41) is 3.61. The highest BCUT2D eigenvalue weighted by molar-refractivity contribution is 6.04. The topological polar surface area (TPSA) is 122 Å². The van der Waals surface area contributed by atoms with Gasteiger partial charge in [-0.15, -0.1) is 0 Å². The molecule has 1 aromatic heterocycles. The summed E-state index contributed by atoms with van der Waals surface area (Å²) in [6, 6.07) is 20.7. The third-order valence-corrected chi connectivity index (χ3v) is 7.28. The summed E-state index contributed by atoms with van der Waals surface area (Å²) < 4.78 is 23.3. The van der Waals surface area contributed by atoms with Crippen molar-refractivity contribution in [1.82, 2.24) is 4.98 Å². The van der Waals surface area contributed by atoms with Crippen molar-refractivity contribution < 1.29 is 28.5 Å². The highest BCUT2D eigenvalue weighted by atomic mass is 16.5. The number of hydrogen-bond acceptors (Lipinski definition) is 8. The Balaban J connectivity index is 1.21. The van der Waals surface area contributed by atoms with Crippen molar-refractivity contribution in [3.05, 3.63) is 84.6 Å². The number of ether oxygens (including phenoxy) is 4. The molecule has 1 saturated carbocycles. The van der Waals surface area contributed by atoms with Crippen LogP contribution < -0.4 is 25.3 Å². The van der Waals surface area contributed by atoms with E-state index in [1.807, 2.05) is 18.2 Å². The Morgan fingerprint density at radius 3 is 2.50 bits per heavy atom. The van der Waals surface area contributed by atoms with Crippen LogP contribution in [-0.2, 0) is 9.53 Å². The van der Waals surface area contributed by atoms with Crippen LogP contribution in [0, 0.1) is 5.92 Å². The number of hydrogen-bond donors (Lipinski definition) is 2. The van der Waals surface area contributed by atoms with Crippen LogP contribution in [0.3, 0.4) is 0 Å². The van der Waals surface area contributed by atoms with E-state index in [0.717, 1.165) is 24.6 Å². The SMILES string of the molecule is COc1cc2c(Oc3ccc(NC(=O)c4ccccc4)cc3)ccnc2cc1OCCC(N)C(=O)OC1CCC(C)C1. The van der Waals surface area contributed by atoms with Crippen molar-refractivity contribution >= 4 is 28.5 Å². The van der Waals surface area contributed by atoms with Crippen LogP contribution in [0.25, 0.3) is 10.9 Å². The summed E-state index contributed by atoms with van der Waals surface area (Å²) in [6.07, 6.45) is 4.77. The van der Waals surface area contributed by atoms with Gasteiger partial charge in [0.1, 0.15) is 23.6 Å². The van der Waals surface area contributed by atoms with Crippen molar-refractivity contribution in [1.29, 1.82) is 0 Å². The van der Waals surface area contributed by atoms with E-state index in [2.05, 4.69) is 17.2 Å². The first kappa shape index (κ1) is 28.9. The molecule has 1 aliphatic carbocycles.